The summed E-state index contributed by atoms with van der Waals surface area (Å²) in [5.74, 6) is 2.69. The minimum atomic E-state index is -4.64. The van der Waals surface area contributed by atoms with Crippen molar-refractivity contribution in [3.63, 3.8) is 0 Å². The van der Waals surface area contributed by atoms with Crippen LogP contribution in [0.3, 0.4) is 0 Å². The van der Waals surface area contributed by atoms with E-state index in [1.807, 2.05) is 0 Å². The summed E-state index contributed by atoms with van der Waals surface area (Å²) in [7, 11) is -4.64. The van der Waals surface area contributed by atoms with Gasteiger partial charge in [-0.1, -0.05) is 34.1 Å². The van der Waals surface area contributed by atoms with Gasteiger partial charge in [0.2, 0.25) is 10.4 Å². The van der Waals surface area contributed by atoms with E-state index in [4.69, 9.17) is 0 Å². The summed E-state index contributed by atoms with van der Waals surface area (Å²) in [4.78, 5) is 0. The van der Waals surface area contributed by atoms with Crippen molar-refractivity contribution < 1.29 is 56.9 Å². The van der Waals surface area contributed by atoms with Crippen molar-refractivity contribution in [2.75, 3.05) is 6.61 Å². The van der Waals surface area contributed by atoms with Gasteiger partial charge in [0.25, 0.3) is 0 Å². The molecule has 4 aliphatic rings. The number of hydrogen-bond acceptors (Lipinski definition) is 6. The summed E-state index contributed by atoms with van der Waals surface area (Å²) in [6.45, 7) is 9.17. The van der Waals surface area contributed by atoms with Gasteiger partial charge in [-0.2, -0.15) is 0 Å². The molecule has 4 aliphatic carbocycles. The van der Waals surface area contributed by atoms with E-state index >= 15 is 0 Å². The van der Waals surface area contributed by atoms with E-state index in [-0.39, 0.29) is 71.0 Å². The van der Waals surface area contributed by atoms with Gasteiger partial charge in [-0.05, 0) is 104 Å². The largest absolute Gasteiger partial charge is 1.00 e. The number of aliphatic hydroxyl groups excluding tert-OH is 2. The molecule has 4 saturated carbocycles. The second kappa shape index (κ2) is 10.3. The van der Waals surface area contributed by atoms with Gasteiger partial charge in [0.05, 0.1) is 18.8 Å². The van der Waals surface area contributed by atoms with E-state index < -0.39 is 10.4 Å². The van der Waals surface area contributed by atoms with E-state index in [1.54, 1.807) is 0 Å². The molecule has 33 heavy (non-hydrogen) atoms. The molecule has 4 fully saturated rings. The molecule has 0 heterocycles. The standard InChI is InChI=1S/C25H44O6S.Na/c1-5-17-21-14-16(26)8-11-25(21,4)20-9-12-24(3)18(6-7-19(24)22(20)23(17)27)15(2)10-13-31-32(28,29)30;/h15-23,26-27H,5-14H2,1-4H3,(H,28,29,30);/q;+1/p-1/t15-,16-,17-,18-,19+,20+,21+,22?,23-,24-,25-;/m1./s1. The van der Waals surface area contributed by atoms with Crippen LogP contribution in [-0.4, -0.2) is 42.0 Å². The average Bonchev–Trinajstić information content (AvgIpc) is 3.06. The van der Waals surface area contributed by atoms with E-state index in [0.717, 1.165) is 51.4 Å². The maximum atomic E-state index is 11.7. The van der Waals surface area contributed by atoms with Crippen LogP contribution in [0, 0.1) is 52.3 Å². The Morgan fingerprint density at radius 3 is 2.30 bits per heavy atom. The minimum absolute atomic E-state index is 0. The number of fused-ring (bicyclic) bond motifs is 5. The second-order valence-electron chi connectivity index (χ2n) is 12.1. The van der Waals surface area contributed by atoms with Gasteiger partial charge in [-0.15, -0.1) is 0 Å². The zero-order chi connectivity index (χ0) is 23.5. The number of hydrogen-bond donors (Lipinski definition) is 2. The summed E-state index contributed by atoms with van der Waals surface area (Å²) in [5.41, 5.74) is 0.332. The maximum Gasteiger partial charge on any atom is 1.00 e. The van der Waals surface area contributed by atoms with Crippen LogP contribution >= 0.6 is 0 Å². The first kappa shape index (κ1) is 28.4. The van der Waals surface area contributed by atoms with Crippen LogP contribution in [0.4, 0.5) is 0 Å². The molecule has 0 bridgehead atoms. The zero-order valence-electron chi connectivity index (χ0n) is 21.2. The Morgan fingerprint density at radius 1 is 1.03 bits per heavy atom. The predicted octanol–water partition coefficient (Wildman–Crippen LogP) is 1.12. The molecule has 4 rings (SSSR count). The molecule has 0 aliphatic heterocycles. The van der Waals surface area contributed by atoms with Crippen molar-refractivity contribution in [1.82, 2.24) is 0 Å². The molecule has 186 valence electrons. The van der Waals surface area contributed by atoms with Crippen molar-refractivity contribution in [1.29, 1.82) is 0 Å². The van der Waals surface area contributed by atoms with Crippen molar-refractivity contribution in [3.8, 4) is 0 Å². The zero-order valence-corrected chi connectivity index (χ0v) is 24.0. The fourth-order valence-electron chi connectivity index (χ4n) is 9.47. The fourth-order valence-corrected chi connectivity index (χ4v) is 9.77. The van der Waals surface area contributed by atoms with Gasteiger partial charge in [-0.3, -0.25) is 4.18 Å². The molecule has 6 nitrogen and oxygen atoms in total. The van der Waals surface area contributed by atoms with Gasteiger partial charge >= 0.3 is 29.6 Å². The quantitative estimate of drug-likeness (QED) is 0.326. The molecule has 8 heteroatoms. The Morgan fingerprint density at radius 2 is 1.67 bits per heavy atom. The monoisotopic (exact) mass is 494 g/mol. The third-order valence-corrected chi connectivity index (χ3v) is 11.4. The van der Waals surface area contributed by atoms with E-state index in [0.29, 0.717) is 36.0 Å². The Hall–Kier alpha value is 0.790. The van der Waals surface area contributed by atoms with E-state index in [2.05, 4.69) is 31.9 Å². The molecule has 0 amide bonds. The van der Waals surface area contributed by atoms with Gasteiger partial charge in [0, 0.05) is 0 Å². The maximum absolute atomic E-state index is 11.7. The molecule has 0 aromatic carbocycles. The first-order valence-electron chi connectivity index (χ1n) is 12.9. The van der Waals surface area contributed by atoms with Gasteiger partial charge in [0.15, 0.2) is 0 Å². The molecular weight excluding hydrogens is 451 g/mol. The van der Waals surface area contributed by atoms with Gasteiger partial charge < -0.3 is 14.8 Å². The van der Waals surface area contributed by atoms with Crippen LogP contribution < -0.4 is 29.6 Å². The van der Waals surface area contributed by atoms with E-state index in [1.165, 1.54) is 0 Å². The smallest absolute Gasteiger partial charge is 0.726 e. The molecule has 11 atom stereocenters. The van der Waals surface area contributed by atoms with Crippen LogP contribution in [0.1, 0.15) is 85.5 Å². The van der Waals surface area contributed by atoms with Crippen molar-refractivity contribution >= 4 is 10.4 Å². The van der Waals surface area contributed by atoms with Crippen LogP contribution in [0.5, 0.6) is 0 Å². The summed E-state index contributed by atoms with van der Waals surface area (Å²) < 4.78 is 37.0. The predicted molar refractivity (Wildman–Crippen MR) is 121 cm³/mol. The third-order valence-electron chi connectivity index (χ3n) is 11.0. The Bertz CT molecular complexity index is 792. The number of rotatable bonds is 6. The van der Waals surface area contributed by atoms with Crippen LogP contribution in [-0.2, 0) is 14.6 Å². The van der Waals surface area contributed by atoms with Crippen molar-refractivity contribution in [3.05, 3.63) is 0 Å². The first-order chi connectivity index (χ1) is 14.9. The molecular formula is C25H43NaO6S. The minimum Gasteiger partial charge on any atom is -0.726 e. The Labute approximate surface area is 222 Å². The van der Waals surface area contributed by atoms with Gasteiger partial charge in [-0.25, -0.2) is 8.42 Å². The average molecular weight is 495 g/mol. The van der Waals surface area contributed by atoms with E-state index in [9.17, 15) is 23.2 Å². The SMILES string of the molecule is CC[C@H]1[C@@H](O)C2[C@@H]3CC[C@H]([C@H](C)CCOS(=O)(=O)[O-])[C@@]3(C)CC[C@@H]2[C@@]2(C)CC[C@@H](O)C[C@@H]12.[Na+]. The fraction of sp³-hybridized carbons (Fsp3) is 1.00. The van der Waals surface area contributed by atoms with Crippen LogP contribution in [0.25, 0.3) is 0 Å². The molecule has 0 radical (unpaired) electrons. The van der Waals surface area contributed by atoms with Crippen LogP contribution in [0.2, 0.25) is 0 Å². The first-order valence-corrected chi connectivity index (χ1v) is 14.2. The molecule has 1 unspecified atom stereocenters. The Balaban J connectivity index is 0.00000306. The van der Waals surface area contributed by atoms with Crippen LogP contribution in [0.15, 0.2) is 0 Å². The summed E-state index contributed by atoms with van der Waals surface area (Å²) >= 11 is 0. The molecule has 0 aromatic heterocycles. The normalized spacial score (nSPS) is 48.2. The summed E-state index contributed by atoms with van der Waals surface area (Å²) in [6, 6.07) is 0. The topological polar surface area (TPSA) is 107 Å². The third kappa shape index (κ3) is 5.01. The van der Waals surface area contributed by atoms with Crippen molar-refractivity contribution in [2.24, 2.45) is 52.3 Å². The molecule has 0 aromatic rings. The van der Waals surface area contributed by atoms with Crippen molar-refractivity contribution in [2.45, 2.75) is 97.7 Å². The molecule has 0 saturated heterocycles. The summed E-state index contributed by atoms with van der Waals surface area (Å²) in [6.07, 6.45) is 8.26. The summed E-state index contributed by atoms with van der Waals surface area (Å²) in [5, 5.41) is 22.1. The second-order valence-corrected chi connectivity index (χ2v) is 13.2. The molecule has 2 N–H and O–H groups in total. The number of aliphatic hydroxyl groups is 2. The van der Waals surface area contributed by atoms with Gasteiger partial charge in [0.1, 0.15) is 0 Å². The molecule has 0 spiro atoms. The Kier molecular flexibility index (Phi) is 8.83.